The highest BCUT2D eigenvalue weighted by atomic mass is 79.9. The van der Waals surface area contributed by atoms with Crippen LogP contribution in [0.5, 0.6) is 0 Å². The Balaban J connectivity index is 2.07. The summed E-state index contributed by atoms with van der Waals surface area (Å²) in [4.78, 5) is 0. The highest BCUT2D eigenvalue weighted by molar-refractivity contribution is 9.10. The number of anilines is 1. The fourth-order valence-corrected chi connectivity index (χ4v) is 2.31. The van der Waals surface area contributed by atoms with E-state index in [0.29, 0.717) is 6.61 Å². The summed E-state index contributed by atoms with van der Waals surface area (Å²) in [5.41, 5.74) is 4.85. The smallest absolute Gasteiger partial charge is 0.0716 e. The highest BCUT2D eigenvalue weighted by Gasteiger charge is 2.02. The summed E-state index contributed by atoms with van der Waals surface area (Å²) >= 11 is 3.55. The molecule has 2 nitrogen and oxygen atoms in total. The minimum absolute atomic E-state index is 0.648. The third-order valence-electron chi connectivity index (χ3n) is 3.07. The van der Waals surface area contributed by atoms with Crippen molar-refractivity contribution in [2.24, 2.45) is 0 Å². The average Bonchev–Trinajstić information content (AvgIpc) is 2.42. The molecule has 0 amide bonds. The van der Waals surface area contributed by atoms with E-state index in [9.17, 15) is 0 Å². The molecular weight excluding hydrogens is 302 g/mol. The molecular formula is C16H18BrNO. The first-order valence-corrected chi connectivity index (χ1v) is 7.05. The molecule has 0 atom stereocenters. The van der Waals surface area contributed by atoms with E-state index in [4.69, 9.17) is 4.74 Å². The summed E-state index contributed by atoms with van der Waals surface area (Å²) in [7, 11) is 1.72. The molecule has 0 aromatic heterocycles. The molecule has 0 aliphatic carbocycles. The van der Waals surface area contributed by atoms with Crippen molar-refractivity contribution in [3.63, 3.8) is 0 Å². The van der Waals surface area contributed by atoms with E-state index < -0.39 is 0 Å². The van der Waals surface area contributed by atoms with Gasteiger partial charge in [0.1, 0.15) is 0 Å². The van der Waals surface area contributed by atoms with Crippen molar-refractivity contribution in [3.8, 4) is 0 Å². The quantitative estimate of drug-likeness (QED) is 0.875. The van der Waals surface area contributed by atoms with Crippen molar-refractivity contribution < 1.29 is 4.74 Å². The molecule has 0 unspecified atom stereocenters. The lowest BCUT2D eigenvalue weighted by Gasteiger charge is -2.11. The van der Waals surface area contributed by atoms with E-state index in [-0.39, 0.29) is 0 Å². The summed E-state index contributed by atoms with van der Waals surface area (Å²) in [6, 6.07) is 14.6. The maximum Gasteiger partial charge on any atom is 0.0716 e. The Kier molecular flexibility index (Phi) is 5.00. The molecule has 0 bridgehead atoms. The number of methoxy groups -OCH3 is 1. The number of hydrogen-bond donors (Lipinski definition) is 1. The fourth-order valence-electron chi connectivity index (χ4n) is 1.93. The molecule has 3 heteroatoms. The molecule has 2 aromatic carbocycles. The van der Waals surface area contributed by atoms with Gasteiger partial charge in [0.25, 0.3) is 0 Å². The van der Waals surface area contributed by atoms with Crippen molar-refractivity contribution >= 4 is 21.6 Å². The lowest BCUT2D eigenvalue weighted by atomic mass is 10.1. The van der Waals surface area contributed by atoms with Crippen LogP contribution in [-0.4, -0.2) is 7.11 Å². The molecule has 0 saturated heterocycles. The molecule has 0 fully saturated rings. The van der Waals surface area contributed by atoms with Crippen LogP contribution in [0.4, 0.5) is 5.69 Å². The number of halogens is 1. The van der Waals surface area contributed by atoms with Gasteiger partial charge in [-0.15, -0.1) is 0 Å². The van der Waals surface area contributed by atoms with Crippen LogP contribution in [-0.2, 0) is 17.9 Å². The van der Waals surface area contributed by atoms with Gasteiger partial charge in [-0.1, -0.05) is 46.3 Å². The second-order valence-corrected chi connectivity index (χ2v) is 5.37. The number of aryl methyl sites for hydroxylation is 1. The molecule has 2 aromatic rings. The van der Waals surface area contributed by atoms with E-state index in [1.54, 1.807) is 7.11 Å². The topological polar surface area (TPSA) is 21.3 Å². The van der Waals surface area contributed by atoms with Gasteiger partial charge in [0.15, 0.2) is 0 Å². The van der Waals surface area contributed by atoms with Gasteiger partial charge < -0.3 is 10.1 Å². The van der Waals surface area contributed by atoms with E-state index >= 15 is 0 Å². The molecule has 0 spiro atoms. The van der Waals surface area contributed by atoms with E-state index in [0.717, 1.165) is 16.7 Å². The standard InChI is InChI=1S/C16H18BrNO/c1-12-7-8-15(9-16(12)17)18-10-13-5-3-4-6-14(13)11-19-2/h3-9,18H,10-11H2,1-2H3. The first-order chi connectivity index (χ1) is 9.20. The Morgan fingerprint density at radius 1 is 1.11 bits per heavy atom. The van der Waals surface area contributed by atoms with Crippen molar-refractivity contribution in [1.82, 2.24) is 0 Å². The van der Waals surface area contributed by atoms with Crippen molar-refractivity contribution in [1.29, 1.82) is 0 Å². The summed E-state index contributed by atoms with van der Waals surface area (Å²) < 4.78 is 6.35. The molecule has 0 aliphatic heterocycles. The Morgan fingerprint density at radius 3 is 2.53 bits per heavy atom. The van der Waals surface area contributed by atoms with Crippen LogP contribution in [0.25, 0.3) is 0 Å². The van der Waals surface area contributed by atoms with Crippen LogP contribution < -0.4 is 5.32 Å². The van der Waals surface area contributed by atoms with Gasteiger partial charge in [-0.3, -0.25) is 0 Å². The van der Waals surface area contributed by atoms with Gasteiger partial charge in [0.2, 0.25) is 0 Å². The zero-order chi connectivity index (χ0) is 13.7. The number of rotatable bonds is 5. The van der Waals surface area contributed by atoms with Crippen LogP contribution in [0.1, 0.15) is 16.7 Å². The summed E-state index contributed by atoms with van der Waals surface area (Å²) in [5.74, 6) is 0. The van der Waals surface area contributed by atoms with Crippen LogP contribution in [0.2, 0.25) is 0 Å². The summed E-state index contributed by atoms with van der Waals surface area (Å²) in [6.45, 7) is 3.53. The zero-order valence-corrected chi connectivity index (χ0v) is 12.8. The van der Waals surface area contributed by atoms with Crippen molar-refractivity contribution in [2.45, 2.75) is 20.1 Å². The summed E-state index contributed by atoms with van der Waals surface area (Å²) in [6.07, 6.45) is 0. The lowest BCUT2D eigenvalue weighted by Crippen LogP contribution is -2.03. The van der Waals surface area contributed by atoms with Crippen LogP contribution in [0.3, 0.4) is 0 Å². The van der Waals surface area contributed by atoms with Gasteiger partial charge in [0.05, 0.1) is 6.61 Å². The van der Waals surface area contributed by atoms with Crippen LogP contribution in [0.15, 0.2) is 46.9 Å². The van der Waals surface area contributed by atoms with Gasteiger partial charge in [-0.2, -0.15) is 0 Å². The number of nitrogens with one attached hydrogen (secondary N) is 1. The zero-order valence-electron chi connectivity index (χ0n) is 11.2. The van der Waals surface area contributed by atoms with E-state index in [2.05, 4.69) is 64.6 Å². The van der Waals surface area contributed by atoms with Crippen molar-refractivity contribution in [3.05, 3.63) is 63.6 Å². The predicted molar refractivity (Wildman–Crippen MR) is 83.4 cm³/mol. The molecule has 2 rings (SSSR count). The number of ether oxygens (including phenoxy) is 1. The largest absolute Gasteiger partial charge is 0.381 e. The fraction of sp³-hybridized carbons (Fsp3) is 0.250. The van der Waals surface area contributed by atoms with Gasteiger partial charge >= 0.3 is 0 Å². The van der Waals surface area contributed by atoms with E-state index in [1.807, 2.05) is 6.07 Å². The molecule has 19 heavy (non-hydrogen) atoms. The first-order valence-electron chi connectivity index (χ1n) is 6.26. The molecule has 0 aliphatic rings. The minimum atomic E-state index is 0.648. The average molecular weight is 320 g/mol. The van der Waals surface area contributed by atoms with Crippen LogP contribution in [0, 0.1) is 6.92 Å². The maximum atomic E-state index is 5.22. The Morgan fingerprint density at radius 2 is 1.84 bits per heavy atom. The third-order valence-corrected chi connectivity index (χ3v) is 3.93. The Labute approximate surface area is 122 Å². The highest BCUT2D eigenvalue weighted by Crippen LogP contribution is 2.21. The third kappa shape index (κ3) is 3.82. The van der Waals surface area contributed by atoms with Gasteiger partial charge in [-0.25, -0.2) is 0 Å². The second kappa shape index (κ2) is 6.73. The van der Waals surface area contributed by atoms with Crippen molar-refractivity contribution in [2.75, 3.05) is 12.4 Å². The monoisotopic (exact) mass is 319 g/mol. The molecule has 100 valence electrons. The van der Waals surface area contributed by atoms with E-state index in [1.165, 1.54) is 16.7 Å². The molecule has 1 N–H and O–H groups in total. The first kappa shape index (κ1) is 14.1. The minimum Gasteiger partial charge on any atom is -0.381 e. The molecule has 0 radical (unpaired) electrons. The maximum absolute atomic E-state index is 5.22. The normalized spacial score (nSPS) is 10.5. The number of benzene rings is 2. The summed E-state index contributed by atoms with van der Waals surface area (Å²) in [5, 5.41) is 3.44. The van der Waals surface area contributed by atoms with Crippen LogP contribution >= 0.6 is 15.9 Å². The number of hydrogen-bond acceptors (Lipinski definition) is 2. The van der Waals surface area contributed by atoms with Gasteiger partial charge in [-0.05, 0) is 35.7 Å². The van der Waals surface area contributed by atoms with Gasteiger partial charge in [0, 0.05) is 23.8 Å². The molecule has 0 heterocycles. The SMILES string of the molecule is COCc1ccccc1CNc1ccc(C)c(Br)c1. The molecule has 0 saturated carbocycles. The Hall–Kier alpha value is -1.32. The predicted octanol–water partition coefficient (Wildman–Crippen LogP) is 4.52. The lowest BCUT2D eigenvalue weighted by molar-refractivity contribution is 0.184. The Bertz CT molecular complexity index is 554. The second-order valence-electron chi connectivity index (χ2n) is 4.52.